The lowest BCUT2D eigenvalue weighted by Gasteiger charge is -2.23. The number of rotatable bonds is 5. The number of ketones is 1. The van der Waals surface area contributed by atoms with E-state index in [1.807, 2.05) is 24.3 Å². The first kappa shape index (κ1) is 25.3. The first-order valence-corrected chi connectivity index (χ1v) is 11.3. The number of hydrogen-bond donors (Lipinski definition) is 0. The second-order valence-electron chi connectivity index (χ2n) is 8.50. The van der Waals surface area contributed by atoms with Crippen LogP contribution in [0.4, 0.5) is 13.2 Å². The number of aryl methyl sites for hydroxylation is 3. The van der Waals surface area contributed by atoms with Crippen LogP contribution in [0.25, 0.3) is 5.76 Å². The zero-order valence-corrected chi connectivity index (χ0v) is 19.8. The van der Waals surface area contributed by atoms with Crippen LogP contribution in [0.15, 0.2) is 61.2 Å². The maximum Gasteiger partial charge on any atom is 0.166 e. The van der Waals surface area contributed by atoms with Crippen LogP contribution < -0.4 is 0 Å². The largest absolute Gasteiger partial charge is 0.497 e. The molecule has 5 heteroatoms. The molecule has 0 aromatic heterocycles. The Morgan fingerprint density at radius 2 is 1.68 bits per heavy atom. The molecule has 0 fully saturated rings. The van der Waals surface area contributed by atoms with Crippen molar-refractivity contribution in [1.29, 1.82) is 0 Å². The number of methoxy groups -OCH3 is 1. The van der Waals surface area contributed by atoms with E-state index in [0.717, 1.165) is 36.5 Å². The van der Waals surface area contributed by atoms with Crippen LogP contribution in [0.3, 0.4) is 0 Å². The van der Waals surface area contributed by atoms with Crippen molar-refractivity contribution < 1.29 is 22.7 Å². The molecule has 2 nitrogen and oxygen atoms in total. The summed E-state index contributed by atoms with van der Waals surface area (Å²) in [6.45, 7) is 7.61. The van der Waals surface area contributed by atoms with Gasteiger partial charge in [0, 0.05) is 23.1 Å². The molecule has 0 amide bonds. The number of hydrogen-bond acceptors (Lipinski definition) is 2. The summed E-state index contributed by atoms with van der Waals surface area (Å²) >= 11 is 0. The topological polar surface area (TPSA) is 26.3 Å². The quantitative estimate of drug-likeness (QED) is 0.292. The third kappa shape index (κ3) is 5.96. The predicted molar refractivity (Wildman–Crippen MR) is 129 cm³/mol. The standard InChI is InChI=1S/C21H22O2.C8H7F3/c1-14-4-11-20-18(12-14)9-10-19(21(20)22)13-16-5-7-17(8-6-16)15(2)23-3;1-2-5-3-7(10)8(11)4-6(5)9/h4-8,11-12,19H,2,9-10,13H2,1,3H3;3-4H,2H2,1H3. The molecule has 3 aromatic rings. The number of benzene rings is 3. The van der Waals surface area contributed by atoms with Crippen LogP contribution in [0.1, 0.15) is 51.5 Å². The Hall–Kier alpha value is -3.34. The number of fused-ring (bicyclic) bond motifs is 1. The van der Waals surface area contributed by atoms with Gasteiger partial charge in [0.1, 0.15) is 11.6 Å². The van der Waals surface area contributed by atoms with Gasteiger partial charge in [-0.1, -0.05) is 61.5 Å². The first-order chi connectivity index (χ1) is 16.2. The zero-order valence-electron chi connectivity index (χ0n) is 19.8. The lowest BCUT2D eigenvalue weighted by Crippen LogP contribution is -2.24. The summed E-state index contributed by atoms with van der Waals surface area (Å²) in [5.41, 5.74) is 5.71. The van der Waals surface area contributed by atoms with Gasteiger partial charge in [-0.25, -0.2) is 13.2 Å². The first-order valence-electron chi connectivity index (χ1n) is 11.3. The molecule has 0 aliphatic heterocycles. The summed E-state index contributed by atoms with van der Waals surface area (Å²) in [5.74, 6) is -1.79. The van der Waals surface area contributed by atoms with Gasteiger partial charge in [0.05, 0.1) is 7.11 Å². The number of carbonyl (C=O) groups is 1. The minimum atomic E-state index is -1.14. The Morgan fingerprint density at radius 3 is 2.32 bits per heavy atom. The van der Waals surface area contributed by atoms with E-state index in [4.69, 9.17) is 4.74 Å². The van der Waals surface area contributed by atoms with Crippen molar-refractivity contribution >= 4 is 11.5 Å². The van der Waals surface area contributed by atoms with Crippen LogP contribution in [0, 0.1) is 30.3 Å². The Bertz CT molecular complexity index is 1180. The monoisotopic (exact) mass is 466 g/mol. The van der Waals surface area contributed by atoms with E-state index in [2.05, 4.69) is 31.7 Å². The molecular formula is C29H29F3O2. The molecule has 3 aromatic carbocycles. The minimum absolute atomic E-state index is 0.0849. The van der Waals surface area contributed by atoms with Gasteiger partial charge >= 0.3 is 0 Å². The van der Waals surface area contributed by atoms with Crippen LogP contribution in [-0.4, -0.2) is 12.9 Å². The molecule has 0 saturated heterocycles. The molecule has 0 saturated carbocycles. The molecule has 1 unspecified atom stereocenters. The molecule has 4 rings (SSSR count). The van der Waals surface area contributed by atoms with Crippen molar-refractivity contribution in [3.05, 3.63) is 112 Å². The van der Waals surface area contributed by atoms with Crippen LogP contribution in [0.2, 0.25) is 0 Å². The van der Waals surface area contributed by atoms with Crippen molar-refractivity contribution in [2.24, 2.45) is 5.92 Å². The number of ether oxygens (including phenoxy) is 1. The van der Waals surface area contributed by atoms with Crippen molar-refractivity contribution in [2.75, 3.05) is 7.11 Å². The normalized spacial score (nSPS) is 14.6. The van der Waals surface area contributed by atoms with E-state index in [9.17, 15) is 18.0 Å². The molecule has 0 heterocycles. The van der Waals surface area contributed by atoms with Crippen LogP contribution >= 0.6 is 0 Å². The molecule has 34 heavy (non-hydrogen) atoms. The molecule has 178 valence electrons. The molecule has 0 bridgehead atoms. The van der Waals surface area contributed by atoms with Crippen molar-refractivity contribution in [2.45, 2.75) is 39.5 Å². The van der Waals surface area contributed by atoms with Crippen LogP contribution in [0.5, 0.6) is 0 Å². The average molecular weight is 467 g/mol. The second kappa shape index (κ2) is 11.2. The van der Waals surface area contributed by atoms with Gasteiger partial charge in [0.25, 0.3) is 0 Å². The molecular weight excluding hydrogens is 437 g/mol. The van der Waals surface area contributed by atoms with E-state index in [1.165, 1.54) is 16.7 Å². The van der Waals surface area contributed by atoms with Crippen molar-refractivity contribution in [3.63, 3.8) is 0 Å². The number of carbonyl (C=O) groups excluding carboxylic acids is 1. The fourth-order valence-corrected chi connectivity index (χ4v) is 4.11. The summed E-state index contributed by atoms with van der Waals surface area (Å²) in [7, 11) is 1.62. The molecule has 0 radical (unpaired) electrons. The fraction of sp³-hybridized carbons (Fsp3) is 0.276. The second-order valence-corrected chi connectivity index (χ2v) is 8.50. The number of halogens is 3. The van der Waals surface area contributed by atoms with Gasteiger partial charge in [-0.15, -0.1) is 0 Å². The third-order valence-corrected chi connectivity index (χ3v) is 6.13. The summed E-state index contributed by atoms with van der Waals surface area (Å²) in [6, 6.07) is 15.8. The van der Waals surface area contributed by atoms with Crippen molar-refractivity contribution in [3.8, 4) is 0 Å². The molecule has 0 spiro atoms. The van der Waals surface area contributed by atoms with E-state index >= 15 is 0 Å². The molecule has 0 N–H and O–H groups in total. The van der Waals surface area contributed by atoms with Gasteiger partial charge < -0.3 is 4.74 Å². The summed E-state index contributed by atoms with van der Waals surface area (Å²) in [4.78, 5) is 12.7. The third-order valence-electron chi connectivity index (χ3n) is 6.13. The van der Waals surface area contributed by atoms with Crippen LogP contribution in [-0.2, 0) is 24.0 Å². The highest BCUT2D eigenvalue weighted by Crippen LogP contribution is 2.29. The Labute approximate surface area is 199 Å². The SMILES string of the molecule is C=C(OC)c1ccc(CC2CCc3cc(C)ccc3C2=O)cc1.CCc1cc(F)c(F)cc1F. The van der Waals surface area contributed by atoms with Gasteiger partial charge in [-0.05, 0) is 55.4 Å². The lowest BCUT2D eigenvalue weighted by atomic mass is 9.79. The summed E-state index contributed by atoms with van der Waals surface area (Å²) < 4.78 is 42.5. The average Bonchev–Trinajstić information content (AvgIpc) is 2.83. The van der Waals surface area contributed by atoms with Gasteiger partial charge in [-0.2, -0.15) is 0 Å². The van der Waals surface area contributed by atoms with E-state index in [0.29, 0.717) is 18.2 Å². The highest BCUT2D eigenvalue weighted by molar-refractivity contribution is 6.00. The van der Waals surface area contributed by atoms with E-state index in [-0.39, 0.29) is 17.3 Å². The van der Waals surface area contributed by atoms with Gasteiger partial charge in [0.15, 0.2) is 17.4 Å². The lowest BCUT2D eigenvalue weighted by molar-refractivity contribution is 0.0901. The van der Waals surface area contributed by atoms with E-state index < -0.39 is 17.5 Å². The molecule has 1 aliphatic carbocycles. The summed E-state index contributed by atoms with van der Waals surface area (Å²) in [6.07, 6.45) is 3.09. The maximum absolute atomic E-state index is 12.7. The Morgan fingerprint density at radius 1 is 1.00 bits per heavy atom. The van der Waals surface area contributed by atoms with Gasteiger partial charge in [-0.3, -0.25) is 4.79 Å². The smallest absolute Gasteiger partial charge is 0.166 e. The molecule has 1 aliphatic rings. The fourth-order valence-electron chi connectivity index (χ4n) is 4.11. The maximum atomic E-state index is 12.7. The Balaban J connectivity index is 0.000000248. The predicted octanol–water partition coefficient (Wildman–Crippen LogP) is 7.27. The summed E-state index contributed by atoms with van der Waals surface area (Å²) in [5, 5.41) is 0. The van der Waals surface area contributed by atoms with Crippen molar-refractivity contribution in [1.82, 2.24) is 0 Å². The highest BCUT2D eigenvalue weighted by Gasteiger charge is 2.27. The zero-order chi connectivity index (χ0) is 24.8. The highest BCUT2D eigenvalue weighted by atomic mass is 19.2. The van der Waals surface area contributed by atoms with E-state index in [1.54, 1.807) is 14.0 Å². The number of Topliss-reactive ketones (excluding diaryl/α,β-unsaturated/α-hetero) is 1. The van der Waals surface area contributed by atoms with Gasteiger partial charge in [0.2, 0.25) is 0 Å². The molecule has 1 atom stereocenters. The Kier molecular flexibility index (Phi) is 8.32. The minimum Gasteiger partial charge on any atom is -0.497 e.